The fourth-order valence-electron chi connectivity index (χ4n) is 2.41. The van der Waals surface area contributed by atoms with E-state index in [1.807, 2.05) is 30.3 Å². The molecule has 2 aromatic rings. The maximum Gasteiger partial charge on any atom is 0.315 e. The minimum atomic E-state index is -0.256. The van der Waals surface area contributed by atoms with Crippen LogP contribution in [0.15, 0.2) is 42.5 Å². The minimum absolute atomic E-state index is 0.149. The third-order valence-corrected chi connectivity index (χ3v) is 3.84. The lowest BCUT2D eigenvalue weighted by Gasteiger charge is -2.12. The van der Waals surface area contributed by atoms with Crippen molar-refractivity contribution in [2.75, 3.05) is 20.3 Å². The molecule has 0 unspecified atom stereocenters. The molecule has 0 aliphatic heterocycles. The predicted octanol–water partition coefficient (Wildman–Crippen LogP) is 3.50. The second kappa shape index (κ2) is 11.4. The Balaban J connectivity index is 1.81. The van der Waals surface area contributed by atoms with Crippen molar-refractivity contribution in [3.8, 4) is 29.6 Å². The fourth-order valence-corrected chi connectivity index (χ4v) is 2.41. The Kier molecular flexibility index (Phi) is 8.54. The average Bonchev–Trinajstić information content (AvgIpc) is 2.74. The van der Waals surface area contributed by atoms with Crippen LogP contribution in [0.1, 0.15) is 24.5 Å². The van der Waals surface area contributed by atoms with Crippen LogP contribution in [0.25, 0.3) is 0 Å². The summed E-state index contributed by atoms with van der Waals surface area (Å²) in [6.45, 7) is 3.69. The zero-order valence-electron chi connectivity index (χ0n) is 16.3. The number of amides is 2. The Labute approximate surface area is 166 Å². The summed E-state index contributed by atoms with van der Waals surface area (Å²) in [5.74, 6) is 4.39. The van der Waals surface area contributed by atoms with Gasteiger partial charge in [0.05, 0.1) is 13.7 Å². The van der Waals surface area contributed by atoms with Gasteiger partial charge < -0.3 is 24.8 Å². The Morgan fingerprint density at radius 1 is 1.00 bits per heavy atom. The number of terminal acetylenes is 1. The number of carbonyl (C=O) groups excluding carboxylic acids is 1. The molecule has 0 aromatic heterocycles. The molecule has 2 amide bonds. The van der Waals surface area contributed by atoms with E-state index in [0.29, 0.717) is 31.2 Å². The number of ether oxygens (including phenoxy) is 3. The van der Waals surface area contributed by atoms with Crippen molar-refractivity contribution >= 4 is 6.03 Å². The van der Waals surface area contributed by atoms with Gasteiger partial charge in [-0.05, 0) is 41.8 Å². The van der Waals surface area contributed by atoms with Crippen LogP contribution in [0.5, 0.6) is 17.2 Å². The number of urea groups is 1. The Morgan fingerprint density at radius 2 is 1.68 bits per heavy atom. The molecule has 0 radical (unpaired) electrons. The van der Waals surface area contributed by atoms with Gasteiger partial charge in [0.1, 0.15) is 12.4 Å². The van der Waals surface area contributed by atoms with Crippen molar-refractivity contribution in [3.05, 3.63) is 53.6 Å². The van der Waals surface area contributed by atoms with Gasteiger partial charge >= 0.3 is 6.03 Å². The second-order valence-corrected chi connectivity index (χ2v) is 6.01. The molecule has 6 nitrogen and oxygen atoms in total. The van der Waals surface area contributed by atoms with E-state index in [9.17, 15) is 4.79 Å². The zero-order valence-corrected chi connectivity index (χ0v) is 16.3. The summed E-state index contributed by atoms with van der Waals surface area (Å²) in [5, 5.41) is 5.65. The summed E-state index contributed by atoms with van der Waals surface area (Å²) in [4.78, 5) is 12.0. The van der Waals surface area contributed by atoms with E-state index in [4.69, 9.17) is 20.6 Å². The summed E-state index contributed by atoms with van der Waals surface area (Å²) in [7, 11) is 1.56. The highest BCUT2D eigenvalue weighted by Crippen LogP contribution is 2.27. The van der Waals surface area contributed by atoms with E-state index >= 15 is 0 Å². The van der Waals surface area contributed by atoms with Gasteiger partial charge in [-0.25, -0.2) is 4.79 Å². The number of methoxy groups -OCH3 is 1. The van der Waals surface area contributed by atoms with E-state index < -0.39 is 0 Å². The standard InChI is InChI=1S/C22H26N2O4/c1-4-12-27-19-9-6-17(7-10-19)15-23-22(25)24-16-18-8-11-20(26-3)21(14-18)28-13-5-2/h2,6-11,14H,4,12-13,15-16H2,1,3H3,(H2,23,24,25). The van der Waals surface area contributed by atoms with E-state index in [2.05, 4.69) is 23.5 Å². The van der Waals surface area contributed by atoms with Gasteiger partial charge in [-0.2, -0.15) is 0 Å². The average molecular weight is 382 g/mol. The van der Waals surface area contributed by atoms with Crippen LogP contribution in [0.4, 0.5) is 4.79 Å². The van der Waals surface area contributed by atoms with Crippen LogP contribution in [-0.2, 0) is 13.1 Å². The van der Waals surface area contributed by atoms with Crippen molar-refractivity contribution < 1.29 is 19.0 Å². The molecule has 0 fully saturated rings. The highest BCUT2D eigenvalue weighted by molar-refractivity contribution is 5.73. The van der Waals surface area contributed by atoms with Crippen molar-refractivity contribution in [2.24, 2.45) is 0 Å². The normalized spacial score (nSPS) is 9.89. The van der Waals surface area contributed by atoms with E-state index in [1.165, 1.54) is 0 Å². The summed E-state index contributed by atoms with van der Waals surface area (Å²) in [5.41, 5.74) is 1.87. The van der Waals surface area contributed by atoms with Gasteiger partial charge in [0.2, 0.25) is 0 Å². The first kappa shape index (κ1) is 21.0. The SMILES string of the molecule is C#CCOc1cc(CNC(=O)NCc2ccc(OCCC)cc2)ccc1OC. The number of benzene rings is 2. The third-order valence-electron chi connectivity index (χ3n) is 3.84. The van der Waals surface area contributed by atoms with Crippen molar-refractivity contribution in [1.82, 2.24) is 10.6 Å². The molecular formula is C22H26N2O4. The molecule has 0 atom stereocenters. The molecule has 0 aliphatic carbocycles. The monoisotopic (exact) mass is 382 g/mol. The quantitative estimate of drug-likeness (QED) is 0.617. The molecule has 0 saturated carbocycles. The molecule has 148 valence electrons. The highest BCUT2D eigenvalue weighted by Gasteiger charge is 2.07. The molecule has 0 spiro atoms. The molecule has 6 heteroatoms. The number of hydrogen-bond donors (Lipinski definition) is 2. The number of hydrogen-bond acceptors (Lipinski definition) is 4. The smallest absolute Gasteiger partial charge is 0.315 e. The fraction of sp³-hybridized carbons (Fsp3) is 0.318. The molecular weight excluding hydrogens is 356 g/mol. The first-order valence-electron chi connectivity index (χ1n) is 9.13. The molecule has 0 heterocycles. The Hall–Kier alpha value is -3.33. The molecule has 0 bridgehead atoms. The largest absolute Gasteiger partial charge is 0.494 e. The summed E-state index contributed by atoms with van der Waals surface area (Å²) < 4.78 is 16.2. The molecule has 0 saturated heterocycles. The Bertz CT molecular complexity index is 797. The second-order valence-electron chi connectivity index (χ2n) is 6.01. The van der Waals surface area contributed by atoms with Crippen LogP contribution in [0.3, 0.4) is 0 Å². The third kappa shape index (κ3) is 6.76. The summed E-state index contributed by atoms with van der Waals surface area (Å²) >= 11 is 0. The van der Waals surface area contributed by atoms with Gasteiger partial charge in [-0.3, -0.25) is 0 Å². The van der Waals surface area contributed by atoms with Gasteiger partial charge in [-0.15, -0.1) is 6.42 Å². The van der Waals surface area contributed by atoms with Crippen molar-refractivity contribution in [3.63, 3.8) is 0 Å². The lowest BCUT2D eigenvalue weighted by Crippen LogP contribution is -2.34. The minimum Gasteiger partial charge on any atom is -0.494 e. The lowest BCUT2D eigenvalue weighted by atomic mass is 10.2. The number of rotatable bonds is 10. The first-order valence-corrected chi connectivity index (χ1v) is 9.13. The zero-order chi connectivity index (χ0) is 20.2. The van der Waals surface area contributed by atoms with Gasteiger partial charge in [0.15, 0.2) is 11.5 Å². The topological polar surface area (TPSA) is 68.8 Å². The van der Waals surface area contributed by atoms with Crippen LogP contribution < -0.4 is 24.8 Å². The number of carbonyl (C=O) groups is 1. The van der Waals surface area contributed by atoms with Crippen LogP contribution in [0.2, 0.25) is 0 Å². The molecule has 28 heavy (non-hydrogen) atoms. The van der Waals surface area contributed by atoms with Crippen molar-refractivity contribution in [2.45, 2.75) is 26.4 Å². The highest BCUT2D eigenvalue weighted by atomic mass is 16.5. The van der Waals surface area contributed by atoms with Gasteiger partial charge in [0, 0.05) is 13.1 Å². The molecule has 2 rings (SSSR count). The summed E-state index contributed by atoms with van der Waals surface area (Å²) in [6, 6.07) is 12.9. The van der Waals surface area contributed by atoms with E-state index in [1.54, 1.807) is 19.2 Å². The molecule has 2 N–H and O–H groups in total. The maximum atomic E-state index is 12.0. The molecule has 2 aromatic carbocycles. The van der Waals surface area contributed by atoms with Crippen LogP contribution >= 0.6 is 0 Å². The van der Waals surface area contributed by atoms with E-state index in [-0.39, 0.29) is 12.6 Å². The van der Waals surface area contributed by atoms with Crippen LogP contribution in [-0.4, -0.2) is 26.4 Å². The van der Waals surface area contributed by atoms with E-state index in [0.717, 1.165) is 23.3 Å². The Morgan fingerprint density at radius 3 is 2.32 bits per heavy atom. The molecule has 0 aliphatic rings. The summed E-state index contributed by atoms with van der Waals surface area (Å²) in [6.07, 6.45) is 6.19. The van der Waals surface area contributed by atoms with Crippen LogP contribution in [0, 0.1) is 12.3 Å². The maximum absolute atomic E-state index is 12.0. The van der Waals surface area contributed by atoms with Gasteiger partial charge in [-0.1, -0.05) is 31.0 Å². The number of nitrogens with one attached hydrogen (secondary N) is 2. The van der Waals surface area contributed by atoms with Gasteiger partial charge in [0.25, 0.3) is 0 Å². The van der Waals surface area contributed by atoms with Crippen molar-refractivity contribution in [1.29, 1.82) is 0 Å². The predicted molar refractivity (Wildman–Crippen MR) is 109 cm³/mol. The lowest BCUT2D eigenvalue weighted by molar-refractivity contribution is 0.240. The first-order chi connectivity index (χ1) is 13.7.